The average molecular weight is 362 g/mol. The van der Waals surface area contributed by atoms with Crippen molar-refractivity contribution in [2.45, 2.75) is 30.4 Å². The molecule has 6 heteroatoms. The first-order chi connectivity index (χ1) is 12.1. The van der Waals surface area contributed by atoms with E-state index in [1.807, 2.05) is 30.1 Å². The van der Waals surface area contributed by atoms with Gasteiger partial charge in [-0.1, -0.05) is 12.1 Å². The summed E-state index contributed by atoms with van der Waals surface area (Å²) < 4.78 is 32.6. The van der Waals surface area contributed by atoms with E-state index in [1.54, 1.807) is 12.3 Å². The highest BCUT2D eigenvalue weighted by Gasteiger charge is 2.49. The van der Waals surface area contributed by atoms with E-state index < -0.39 is 11.6 Å². The zero-order valence-corrected chi connectivity index (χ0v) is 14.6. The molecule has 2 saturated heterocycles. The highest BCUT2D eigenvalue weighted by molar-refractivity contribution is 8.01. The van der Waals surface area contributed by atoms with Gasteiger partial charge in [-0.25, -0.2) is 8.78 Å². The maximum absolute atomic E-state index is 13.3. The lowest BCUT2D eigenvalue weighted by molar-refractivity contribution is 0.0263. The highest BCUT2D eigenvalue weighted by Crippen LogP contribution is 2.46. The van der Waals surface area contributed by atoms with E-state index in [1.165, 1.54) is 12.1 Å². The lowest BCUT2D eigenvalue weighted by atomic mass is 9.92. The molecule has 3 nitrogen and oxygen atoms in total. The molecule has 1 aromatic carbocycles. The third kappa shape index (κ3) is 3.86. The lowest BCUT2D eigenvalue weighted by Gasteiger charge is -2.47. The molecule has 25 heavy (non-hydrogen) atoms. The minimum absolute atomic E-state index is 0.262. The number of benzene rings is 1. The van der Waals surface area contributed by atoms with E-state index in [0.717, 1.165) is 36.4 Å². The van der Waals surface area contributed by atoms with Crippen LogP contribution in [0.4, 0.5) is 8.78 Å². The van der Waals surface area contributed by atoms with E-state index >= 15 is 0 Å². The number of ether oxygens (including phenoxy) is 1. The molecule has 0 N–H and O–H groups in total. The van der Waals surface area contributed by atoms with Gasteiger partial charge in [0.1, 0.15) is 0 Å². The summed E-state index contributed by atoms with van der Waals surface area (Å²) >= 11 is 1.98. The van der Waals surface area contributed by atoms with Gasteiger partial charge < -0.3 is 4.74 Å². The SMILES string of the molecule is Fc1ccc(CN2CC3(C[C@@H](OCc4cccnc4)CS3)C2)cc1F. The molecule has 0 radical (unpaired) electrons. The number of pyridine rings is 1. The van der Waals surface area contributed by atoms with Crippen LogP contribution >= 0.6 is 11.8 Å². The number of nitrogens with zero attached hydrogens (tertiary/aromatic N) is 2. The number of aromatic nitrogens is 1. The first-order valence-electron chi connectivity index (χ1n) is 8.43. The summed E-state index contributed by atoms with van der Waals surface area (Å²) in [6.07, 6.45) is 4.92. The molecule has 3 heterocycles. The van der Waals surface area contributed by atoms with Crippen LogP contribution in [0.25, 0.3) is 0 Å². The Morgan fingerprint density at radius 1 is 1.20 bits per heavy atom. The third-order valence-electron chi connectivity index (χ3n) is 4.80. The normalized spacial score (nSPS) is 22.2. The molecule has 1 aromatic heterocycles. The average Bonchev–Trinajstić information content (AvgIpc) is 3.01. The maximum Gasteiger partial charge on any atom is 0.159 e. The lowest BCUT2D eigenvalue weighted by Crippen LogP contribution is -2.58. The Hall–Kier alpha value is -1.50. The second-order valence-corrected chi connectivity index (χ2v) is 8.37. The van der Waals surface area contributed by atoms with Gasteiger partial charge in [0.2, 0.25) is 0 Å². The molecule has 2 aliphatic heterocycles. The minimum atomic E-state index is -0.788. The van der Waals surface area contributed by atoms with E-state index in [4.69, 9.17) is 4.74 Å². The van der Waals surface area contributed by atoms with Gasteiger partial charge in [0.25, 0.3) is 0 Å². The van der Waals surface area contributed by atoms with Crippen LogP contribution in [0.1, 0.15) is 17.5 Å². The van der Waals surface area contributed by atoms with Crippen LogP contribution < -0.4 is 0 Å². The topological polar surface area (TPSA) is 25.4 Å². The van der Waals surface area contributed by atoms with Crippen molar-refractivity contribution in [3.05, 3.63) is 65.5 Å². The molecule has 1 atom stereocenters. The highest BCUT2D eigenvalue weighted by atomic mass is 32.2. The monoisotopic (exact) mass is 362 g/mol. The summed E-state index contributed by atoms with van der Waals surface area (Å²) in [5.41, 5.74) is 1.92. The van der Waals surface area contributed by atoms with Gasteiger partial charge in [-0.2, -0.15) is 0 Å². The predicted octanol–water partition coefficient (Wildman–Crippen LogP) is 3.64. The summed E-state index contributed by atoms with van der Waals surface area (Å²) in [6.45, 7) is 3.22. The number of halogens is 2. The number of rotatable bonds is 5. The van der Waals surface area contributed by atoms with E-state index in [2.05, 4.69) is 9.88 Å². The minimum Gasteiger partial charge on any atom is -0.373 e. The van der Waals surface area contributed by atoms with Crippen LogP contribution in [-0.2, 0) is 17.9 Å². The molecule has 4 rings (SSSR count). The van der Waals surface area contributed by atoms with Crippen LogP contribution in [0, 0.1) is 11.6 Å². The zero-order valence-electron chi connectivity index (χ0n) is 13.8. The summed E-state index contributed by atoms with van der Waals surface area (Å²) in [5.74, 6) is -0.546. The van der Waals surface area contributed by atoms with Crippen LogP contribution in [0.2, 0.25) is 0 Å². The zero-order chi connectivity index (χ0) is 17.3. The fourth-order valence-electron chi connectivity index (χ4n) is 3.60. The van der Waals surface area contributed by atoms with Crippen molar-refractivity contribution in [1.29, 1.82) is 0 Å². The second kappa shape index (κ2) is 7.02. The van der Waals surface area contributed by atoms with Crippen molar-refractivity contribution in [1.82, 2.24) is 9.88 Å². The van der Waals surface area contributed by atoms with Crippen molar-refractivity contribution in [3.8, 4) is 0 Å². The Labute approximate surface area is 150 Å². The van der Waals surface area contributed by atoms with E-state index in [9.17, 15) is 8.78 Å². The van der Waals surface area contributed by atoms with Crippen LogP contribution in [-0.4, -0.2) is 39.6 Å². The molecule has 0 unspecified atom stereocenters. The number of thioether (sulfide) groups is 1. The van der Waals surface area contributed by atoms with E-state index in [-0.39, 0.29) is 10.9 Å². The fraction of sp³-hybridized carbons (Fsp3) is 0.421. The molecule has 0 amide bonds. The van der Waals surface area contributed by atoms with Gasteiger partial charge in [-0.3, -0.25) is 9.88 Å². The molecule has 2 fully saturated rings. The predicted molar refractivity (Wildman–Crippen MR) is 94.3 cm³/mol. The number of hydrogen-bond acceptors (Lipinski definition) is 4. The Kier molecular flexibility index (Phi) is 4.75. The second-order valence-electron chi connectivity index (χ2n) is 6.89. The first kappa shape index (κ1) is 16.9. The summed E-state index contributed by atoms with van der Waals surface area (Å²) in [7, 11) is 0. The molecular formula is C19H20F2N2OS. The maximum atomic E-state index is 13.3. The van der Waals surface area contributed by atoms with Crippen LogP contribution in [0.15, 0.2) is 42.7 Å². The van der Waals surface area contributed by atoms with Gasteiger partial charge in [0.15, 0.2) is 11.6 Å². The standard InChI is InChI=1S/C19H20F2N2OS/c20-17-4-3-14(6-18(17)21)9-23-12-19(13-23)7-16(11-25-19)24-10-15-2-1-5-22-8-15/h1-6,8,16H,7,9-13H2/t16-/m1/s1. The van der Waals surface area contributed by atoms with Crippen molar-refractivity contribution < 1.29 is 13.5 Å². The van der Waals surface area contributed by atoms with Gasteiger partial charge in [-0.15, -0.1) is 11.8 Å². The number of likely N-dealkylation sites (tertiary alicyclic amines) is 1. The molecule has 0 aliphatic carbocycles. The van der Waals surface area contributed by atoms with Crippen molar-refractivity contribution in [3.63, 3.8) is 0 Å². The molecule has 2 aliphatic rings. The number of hydrogen-bond donors (Lipinski definition) is 0. The molecule has 0 bridgehead atoms. The largest absolute Gasteiger partial charge is 0.373 e. The third-order valence-corrected chi connectivity index (χ3v) is 6.37. The van der Waals surface area contributed by atoms with Crippen LogP contribution in [0.5, 0.6) is 0 Å². The quantitative estimate of drug-likeness (QED) is 0.811. The molecule has 2 aromatic rings. The fourth-order valence-corrected chi connectivity index (χ4v) is 5.21. The summed E-state index contributed by atoms with van der Waals surface area (Å²) in [6, 6.07) is 8.10. The molecule has 132 valence electrons. The summed E-state index contributed by atoms with van der Waals surface area (Å²) in [4.78, 5) is 6.39. The molecular weight excluding hydrogens is 342 g/mol. The summed E-state index contributed by atoms with van der Waals surface area (Å²) in [5, 5.41) is 0. The van der Waals surface area contributed by atoms with Gasteiger partial charge in [0.05, 0.1) is 12.7 Å². The Bertz CT molecular complexity index is 737. The Morgan fingerprint density at radius 2 is 2.08 bits per heavy atom. The Morgan fingerprint density at radius 3 is 2.84 bits per heavy atom. The first-order valence-corrected chi connectivity index (χ1v) is 9.41. The Balaban J connectivity index is 1.25. The van der Waals surface area contributed by atoms with E-state index in [0.29, 0.717) is 13.2 Å². The molecule has 1 spiro atoms. The van der Waals surface area contributed by atoms with Gasteiger partial charge >= 0.3 is 0 Å². The van der Waals surface area contributed by atoms with Crippen molar-refractivity contribution in [2.75, 3.05) is 18.8 Å². The van der Waals surface area contributed by atoms with Crippen molar-refractivity contribution >= 4 is 11.8 Å². The smallest absolute Gasteiger partial charge is 0.159 e. The van der Waals surface area contributed by atoms with Crippen LogP contribution in [0.3, 0.4) is 0 Å². The van der Waals surface area contributed by atoms with Gasteiger partial charge in [-0.05, 0) is 35.7 Å². The molecule has 0 saturated carbocycles. The van der Waals surface area contributed by atoms with Crippen molar-refractivity contribution in [2.24, 2.45) is 0 Å². The van der Waals surface area contributed by atoms with Gasteiger partial charge in [0, 0.05) is 42.5 Å².